The van der Waals surface area contributed by atoms with E-state index in [2.05, 4.69) is 11.5 Å². The van der Waals surface area contributed by atoms with E-state index in [9.17, 15) is 14.4 Å². The molecule has 198 valence electrons. The highest BCUT2D eigenvalue weighted by Crippen LogP contribution is 2.39. The minimum atomic E-state index is -0.563. The van der Waals surface area contributed by atoms with Crippen molar-refractivity contribution in [2.45, 2.75) is 63.7 Å². The molecule has 2 aliphatic heterocycles. The first-order valence-corrected chi connectivity index (χ1v) is 12.9. The molecule has 0 saturated carbocycles. The number of carbonyl (C=O) groups is 1. The largest absolute Gasteiger partial charge is 0.444 e. The molecule has 1 aromatic rings. The first-order chi connectivity index (χ1) is 17.5. The standard InChI is InChI=1S/C28H34ClFN4O3/c1-19(24-16-22(29)15-20-17-32-34(14-11-31)25(20)24)36-18-28(21-5-7-23(30)8-6-21)9-12-33(13-10-28)26(35)37-27(2,3)4/h5-8,15-17,19,25,32H,9-10,12-14,18H2,1-4H3/t19-,25?/m1/s1. The number of allylic oxidation sites excluding steroid dienone is 2. The summed E-state index contributed by atoms with van der Waals surface area (Å²) in [4.78, 5) is 14.4. The van der Waals surface area contributed by atoms with Crippen LogP contribution in [0.25, 0.3) is 0 Å². The van der Waals surface area contributed by atoms with Crippen LogP contribution in [0.2, 0.25) is 0 Å². The van der Waals surface area contributed by atoms with E-state index < -0.39 is 11.0 Å². The number of benzene rings is 1. The van der Waals surface area contributed by atoms with Gasteiger partial charge in [0.15, 0.2) is 0 Å². The molecular formula is C28H34ClFN4O3. The monoisotopic (exact) mass is 528 g/mol. The third-order valence-corrected chi connectivity index (χ3v) is 7.32. The molecule has 2 atom stereocenters. The lowest BCUT2D eigenvalue weighted by molar-refractivity contribution is -0.00402. The van der Waals surface area contributed by atoms with Crippen molar-refractivity contribution in [2.75, 3.05) is 26.2 Å². The van der Waals surface area contributed by atoms with E-state index in [1.54, 1.807) is 4.90 Å². The number of nitriles is 1. The van der Waals surface area contributed by atoms with Gasteiger partial charge in [-0.25, -0.2) is 9.18 Å². The SMILES string of the molecule is C[C@@H](OCC1(c2ccc(F)cc2)CCN(C(=O)OC(C)(C)C)CC1)C1=CC(Cl)=CC2=CNN(CC#N)C21. The average molecular weight is 529 g/mol. The number of hydrogen-bond acceptors (Lipinski definition) is 6. The minimum absolute atomic E-state index is 0.145. The lowest BCUT2D eigenvalue weighted by Crippen LogP contribution is -2.49. The molecule has 0 spiro atoms. The summed E-state index contributed by atoms with van der Waals surface area (Å²) in [5.41, 5.74) is 5.11. The van der Waals surface area contributed by atoms with Crippen molar-refractivity contribution < 1.29 is 18.7 Å². The number of halogens is 2. The van der Waals surface area contributed by atoms with Gasteiger partial charge in [-0.1, -0.05) is 23.7 Å². The molecule has 1 fully saturated rings. The molecule has 0 bridgehead atoms. The molecule has 0 aromatic heterocycles. The Morgan fingerprint density at radius 1 is 1.27 bits per heavy atom. The van der Waals surface area contributed by atoms with Crippen molar-refractivity contribution in [1.82, 2.24) is 15.3 Å². The van der Waals surface area contributed by atoms with Gasteiger partial charge in [-0.15, -0.1) is 0 Å². The number of fused-ring (bicyclic) bond motifs is 1. The Labute approximate surface area is 223 Å². The average Bonchev–Trinajstić information content (AvgIpc) is 3.24. The Morgan fingerprint density at radius 3 is 2.57 bits per heavy atom. The number of piperidine rings is 1. The van der Waals surface area contributed by atoms with E-state index in [-0.39, 0.29) is 30.6 Å². The first-order valence-electron chi connectivity index (χ1n) is 12.6. The number of amides is 1. The number of hydrazine groups is 1. The zero-order valence-electron chi connectivity index (χ0n) is 21.8. The second-order valence-corrected chi connectivity index (χ2v) is 11.3. The maximum Gasteiger partial charge on any atom is 0.410 e. The van der Waals surface area contributed by atoms with Crippen LogP contribution in [0.1, 0.15) is 46.1 Å². The zero-order valence-corrected chi connectivity index (χ0v) is 22.5. The van der Waals surface area contributed by atoms with E-state index in [4.69, 9.17) is 21.1 Å². The minimum Gasteiger partial charge on any atom is -0.444 e. The third kappa shape index (κ3) is 6.18. The van der Waals surface area contributed by atoms with Crippen LogP contribution in [0.15, 0.2) is 58.8 Å². The molecule has 1 amide bonds. The van der Waals surface area contributed by atoms with E-state index in [1.165, 1.54) is 12.1 Å². The molecule has 0 radical (unpaired) electrons. The van der Waals surface area contributed by atoms with Crippen LogP contribution in [-0.4, -0.2) is 60.0 Å². The molecule has 37 heavy (non-hydrogen) atoms. The predicted octanol–water partition coefficient (Wildman–Crippen LogP) is 5.16. The van der Waals surface area contributed by atoms with Crippen LogP contribution >= 0.6 is 11.6 Å². The number of ether oxygens (including phenoxy) is 2. The molecule has 7 nitrogen and oxygen atoms in total. The fraction of sp³-hybridized carbons (Fsp3) is 0.500. The van der Waals surface area contributed by atoms with Crippen LogP contribution in [0.4, 0.5) is 9.18 Å². The molecule has 1 saturated heterocycles. The van der Waals surface area contributed by atoms with Gasteiger partial charge in [-0.3, -0.25) is 0 Å². The first kappa shape index (κ1) is 27.2. The van der Waals surface area contributed by atoms with E-state index in [0.29, 0.717) is 37.6 Å². The smallest absolute Gasteiger partial charge is 0.410 e. The summed E-state index contributed by atoms with van der Waals surface area (Å²) in [6, 6.07) is 8.60. The van der Waals surface area contributed by atoms with Gasteiger partial charge in [0.25, 0.3) is 0 Å². The highest BCUT2D eigenvalue weighted by atomic mass is 35.5. The summed E-state index contributed by atoms with van der Waals surface area (Å²) in [5.74, 6) is -0.293. The Morgan fingerprint density at radius 2 is 1.95 bits per heavy atom. The van der Waals surface area contributed by atoms with Crippen molar-refractivity contribution in [2.24, 2.45) is 0 Å². The van der Waals surface area contributed by atoms with Crippen LogP contribution in [-0.2, 0) is 14.9 Å². The van der Waals surface area contributed by atoms with Crippen molar-refractivity contribution in [3.05, 3.63) is 70.2 Å². The molecule has 1 aromatic carbocycles. The van der Waals surface area contributed by atoms with Crippen LogP contribution in [0.3, 0.4) is 0 Å². The highest BCUT2D eigenvalue weighted by molar-refractivity contribution is 6.31. The zero-order chi connectivity index (χ0) is 26.8. The van der Waals surface area contributed by atoms with Crippen molar-refractivity contribution in [3.8, 4) is 6.07 Å². The van der Waals surface area contributed by atoms with Crippen LogP contribution < -0.4 is 5.43 Å². The Kier molecular flexibility index (Phi) is 7.98. The molecule has 2 heterocycles. The second-order valence-electron chi connectivity index (χ2n) is 10.8. The van der Waals surface area contributed by atoms with Crippen molar-refractivity contribution >= 4 is 17.7 Å². The highest BCUT2D eigenvalue weighted by Gasteiger charge is 2.41. The van der Waals surface area contributed by atoms with Gasteiger partial charge in [-0.05, 0) is 81.5 Å². The number of likely N-dealkylation sites (tertiary alicyclic amines) is 1. The maximum absolute atomic E-state index is 13.8. The number of nitrogens with one attached hydrogen (secondary N) is 1. The summed E-state index contributed by atoms with van der Waals surface area (Å²) < 4.78 is 25.8. The summed E-state index contributed by atoms with van der Waals surface area (Å²) in [6.07, 6.45) is 6.34. The van der Waals surface area contributed by atoms with Gasteiger partial charge in [0.2, 0.25) is 0 Å². The van der Waals surface area contributed by atoms with Gasteiger partial charge >= 0.3 is 6.09 Å². The van der Waals surface area contributed by atoms with Gasteiger partial charge in [0, 0.05) is 29.7 Å². The maximum atomic E-state index is 13.8. The molecule has 1 N–H and O–H groups in total. The second kappa shape index (κ2) is 10.9. The van der Waals surface area contributed by atoms with Gasteiger partial charge in [-0.2, -0.15) is 10.3 Å². The molecule has 1 unspecified atom stereocenters. The summed E-state index contributed by atoms with van der Waals surface area (Å²) >= 11 is 6.42. The lowest BCUT2D eigenvalue weighted by atomic mass is 9.73. The van der Waals surface area contributed by atoms with Crippen LogP contribution in [0, 0.1) is 17.1 Å². The Hall–Kier alpha value is -2.86. The Bertz CT molecular complexity index is 1140. The lowest BCUT2D eigenvalue weighted by Gasteiger charge is -2.43. The van der Waals surface area contributed by atoms with E-state index in [0.717, 1.165) is 16.7 Å². The van der Waals surface area contributed by atoms with Gasteiger partial charge in [0.1, 0.15) is 18.0 Å². The topological polar surface area (TPSA) is 77.8 Å². The fourth-order valence-electron chi connectivity index (χ4n) is 5.12. The normalized spacial score (nSPS) is 22.1. The molecule has 3 aliphatic rings. The van der Waals surface area contributed by atoms with Gasteiger partial charge < -0.3 is 19.8 Å². The summed E-state index contributed by atoms with van der Waals surface area (Å²) in [7, 11) is 0. The number of rotatable bonds is 6. The number of hydrogen-bond donors (Lipinski definition) is 1. The van der Waals surface area contributed by atoms with Crippen molar-refractivity contribution in [1.29, 1.82) is 5.26 Å². The van der Waals surface area contributed by atoms with E-state index in [1.807, 2.05) is 63.2 Å². The third-order valence-electron chi connectivity index (χ3n) is 7.10. The molecule has 9 heteroatoms. The summed E-state index contributed by atoms with van der Waals surface area (Å²) in [6.45, 7) is 9.16. The molecular weight excluding hydrogens is 495 g/mol. The van der Waals surface area contributed by atoms with E-state index >= 15 is 0 Å². The predicted molar refractivity (Wildman–Crippen MR) is 140 cm³/mol. The quantitative estimate of drug-likeness (QED) is 0.514. The molecule has 4 rings (SSSR count). The Balaban J connectivity index is 1.52. The fourth-order valence-corrected chi connectivity index (χ4v) is 5.37. The van der Waals surface area contributed by atoms with Gasteiger partial charge in [0.05, 0.1) is 24.8 Å². The number of carbonyl (C=O) groups excluding carboxylic acids is 1. The number of nitrogens with zero attached hydrogens (tertiary/aromatic N) is 3. The molecule has 1 aliphatic carbocycles. The summed E-state index contributed by atoms with van der Waals surface area (Å²) in [5, 5.41) is 11.7. The van der Waals surface area contributed by atoms with Crippen LogP contribution in [0.5, 0.6) is 0 Å². The van der Waals surface area contributed by atoms with Crippen molar-refractivity contribution in [3.63, 3.8) is 0 Å².